The van der Waals surface area contributed by atoms with E-state index in [9.17, 15) is 19.5 Å². The number of carbonyl (C=O) groups excluding carboxylic acids is 3. The quantitative estimate of drug-likeness (QED) is 0.610. The summed E-state index contributed by atoms with van der Waals surface area (Å²) >= 11 is 0. The Morgan fingerprint density at radius 1 is 1.46 bits per heavy atom. The topological polar surface area (TPSA) is 89.9 Å². The summed E-state index contributed by atoms with van der Waals surface area (Å²) in [5.41, 5.74) is -1.16. The molecule has 0 radical (unpaired) electrons. The van der Waals surface area contributed by atoms with Crippen LogP contribution in [-0.2, 0) is 23.9 Å². The second-order valence-electron chi connectivity index (χ2n) is 7.99. The molecule has 6 atom stereocenters. The Morgan fingerprint density at radius 2 is 2.12 bits per heavy atom. The number of hydrogen-bond acceptors (Lipinski definition) is 6. The highest BCUT2D eigenvalue weighted by Crippen LogP contribution is 2.39. The van der Waals surface area contributed by atoms with E-state index in [2.05, 4.69) is 6.58 Å². The molecule has 2 aliphatic rings. The second kappa shape index (κ2) is 7.91. The zero-order chi connectivity index (χ0) is 19.6. The molecule has 0 amide bonds. The molecule has 0 aromatic heterocycles. The van der Waals surface area contributed by atoms with Gasteiger partial charge in [0.1, 0.15) is 17.5 Å². The van der Waals surface area contributed by atoms with E-state index in [0.29, 0.717) is 25.7 Å². The third-order valence-electron chi connectivity index (χ3n) is 5.81. The van der Waals surface area contributed by atoms with E-state index < -0.39 is 35.7 Å². The average Bonchev–Trinajstić information content (AvgIpc) is 2.85. The lowest BCUT2D eigenvalue weighted by atomic mass is 9.77. The molecule has 2 rings (SSSR count). The standard InChI is InChI=1S/C20H30O6/c1-6-11(2)18(22)26-17-16-14(13(4)19(23)25-16)10-15(21)12(3)8-7-9-20(17,5)24/h11-12,14,16-17,24H,4,6-10H2,1-3,5H3/t11-,12-,14+,16+,17-,20-/m1/s1. The van der Waals surface area contributed by atoms with Crippen LogP contribution in [0, 0.1) is 17.8 Å². The van der Waals surface area contributed by atoms with Gasteiger partial charge in [0.2, 0.25) is 0 Å². The number of aliphatic hydroxyl groups is 1. The minimum absolute atomic E-state index is 0.0352. The van der Waals surface area contributed by atoms with Crippen LogP contribution in [-0.4, -0.2) is 40.6 Å². The van der Waals surface area contributed by atoms with Crippen LogP contribution in [0.25, 0.3) is 0 Å². The number of rotatable bonds is 3. The second-order valence-corrected chi connectivity index (χ2v) is 7.99. The minimum Gasteiger partial charge on any atom is -0.455 e. The van der Waals surface area contributed by atoms with E-state index in [1.165, 1.54) is 0 Å². The van der Waals surface area contributed by atoms with Gasteiger partial charge < -0.3 is 14.6 Å². The van der Waals surface area contributed by atoms with Gasteiger partial charge in [-0.05, 0) is 32.6 Å². The van der Waals surface area contributed by atoms with Crippen LogP contribution in [0.15, 0.2) is 12.2 Å². The number of Topliss-reactive ketones (excluding diaryl/α,β-unsaturated/α-hetero) is 1. The van der Waals surface area contributed by atoms with Gasteiger partial charge in [0.15, 0.2) is 6.10 Å². The summed E-state index contributed by atoms with van der Waals surface area (Å²) in [7, 11) is 0. The highest BCUT2D eigenvalue weighted by Gasteiger charge is 2.52. The first kappa shape index (κ1) is 20.6. The molecule has 2 fully saturated rings. The monoisotopic (exact) mass is 366 g/mol. The van der Waals surface area contributed by atoms with Crippen LogP contribution in [0.5, 0.6) is 0 Å². The molecule has 6 heteroatoms. The molecular formula is C20H30O6. The number of carbonyl (C=O) groups is 3. The van der Waals surface area contributed by atoms with Gasteiger partial charge in [0.25, 0.3) is 0 Å². The summed E-state index contributed by atoms with van der Waals surface area (Å²) in [5.74, 6) is -2.08. The van der Waals surface area contributed by atoms with Crippen LogP contribution < -0.4 is 0 Å². The fraction of sp³-hybridized carbons (Fsp3) is 0.750. The molecule has 1 saturated carbocycles. The van der Waals surface area contributed by atoms with Gasteiger partial charge in [-0.2, -0.15) is 0 Å². The summed E-state index contributed by atoms with van der Waals surface area (Å²) in [5, 5.41) is 11.0. The molecule has 0 aromatic rings. The smallest absolute Gasteiger partial charge is 0.334 e. The van der Waals surface area contributed by atoms with Gasteiger partial charge in [0, 0.05) is 23.8 Å². The normalized spacial score (nSPS) is 36.9. The van der Waals surface area contributed by atoms with Crippen molar-refractivity contribution in [2.24, 2.45) is 17.8 Å². The molecular weight excluding hydrogens is 336 g/mol. The molecule has 0 aromatic carbocycles. The van der Waals surface area contributed by atoms with E-state index >= 15 is 0 Å². The number of ketones is 1. The summed E-state index contributed by atoms with van der Waals surface area (Å²) in [6.07, 6.45) is 0.374. The van der Waals surface area contributed by atoms with Crippen LogP contribution in [0.4, 0.5) is 0 Å². The number of ether oxygens (including phenoxy) is 2. The van der Waals surface area contributed by atoms with Crippen molar-refractivity contribution in [1.82, 2.24) is 0 Å². The first-order valence-electron chi connectivity index (χ1n) is 9.43. The maximum atomic E-state index is 12.5. The zero-order valence-electron chi connectivity index (χ0n) is 16.1. The first-order chi connectivity index (χ1) is 12.1. The van der Waals surface area contributed by atoms with E-state index in [4.69, 9.17) is 9.47 Å². The molecule has 0 unspecified atom stereocenters. The fourth-order valence-corrected chi connectivity index (χ4v) is 3.59. The van der Waals surface area contributed by atoms with Crippen LogP contribution >= 0.6 is 0 Å². The highest BCUT2D eigenvalue weighted by atomic mass is 16.6. The van der Waals surface area contributed by atoms with E-state index in [-0.39, 0.29) is 29.6 Å². The SMILES string of the molecule is C=C1C(=O)O[C@@H]2[C@@H](OC(=O)[C@H](C)CC)[C@](C)(O)CCC[C@@H](C)C(=O)C[C@@H]12. The Labute approximate surface area is 154 Å². The summed E-state index contributed by atoms with van der Waals surface area (Å²) < 4.78 is 11.1. The Hall–Kier alpha value is -1.69. The molecule has 146 valence electrons. The fourth-order valence-electron chi connectivity index (χ4n) is 3.59. The van der Waals surface area contributed by atoms with Crippen molar-refractivity contribution in [3.8, 4) is 0 Å². The Kier molecular flexibility index (Phi) is 6.27. The molecule has 26 heavy (non-hydrogen) atoms. The van der Waals surface area contributed by atoms with Gasteiger partial charge >= 0.3 is 11.9 Å². The summed E-state index contributed by atoms with van der Waals surface area (Å²) in [4.78, 5) is 37.0. The predicted octanol–water partition coefficient (Wildman–Crippen LogP) is 2.57. The van der Waals surface area contributed by atoms with Crippen molar-refractivity contribution in [3.63, 3.8) is 0 Å². The predicted molar refractivity (Wildman–Crippen MR) is 95.1 cm³/mol. The lowest BCUT2D eigenvalue weighted by molar-refractivity contribution is -0.191. The molecule has 1 heterocycles. The van der Waals surface area contributed by atoms with Gasteiger partial charge in [-0.3, -0.25) is 9.59 Å². The third-order valence-corrected chi connectivity index (χ3v) is 5.81. The maximum absolute atomic E-state index is 12.5. The van der Waals surface area contributed by atoms with E-state index in [1.54, 1.807) is 13.8 Å². The summed E-state index contributed by atoms with van der Waals surface area (Å²) in [6, 6.07) is 0. The van der Waals surface area contributed by atoms with Crippen LogP contribution in [0.2, 0.25) is 0 Å². The van der Waals surface area contributed by atoms with Gasteiger partial charge in [-0.15, -0.1) is 0 Å². The molecule has 6 nitrogen and oxygen atoms in total. The van der Waals surface area contributed by atoms with Crippen molar-refractivity contribution in [3.05, 3.63) is 12.2 Å². The molecule has 1 N–H and O–H groups in total. The van der Waals surface area contributed by atoms with Gasteiger partial charge in [-0.25, -0.2) is 4.79 Å². The molecule has 1 saturated heterocycles. The molecule has 1 aliphatic carbocycles. The lowest BCUT2D eigenvalue weighted by Crippen LogP contribution is -2.52. The third kappa shape index (κ3) is 4.17. The number of esters is 2. The van der Waals surface area contributed by atoms with Gasteiger partial charge in [-0.1, -0.05) is 27.4 Å². The Bertz CT molecular complexity index is 593. The molecule has 1 aliphatic heterocycles. The van der Waals surface area contributed by atoms with Crippen molar-refractivity contribution >= 4 is 17.7 Å². The Morgan fingerprint density at radius 3 is 2.73 bits per heavy atom. The maximum Gasteiger partial charge on any atom is 0.334 e. The highest BCUT2D eigenvalue weighted by molar-refractivity contribution is 5.93. The van der Waals surface area contributed by atoms with Crippen molar-refractivity contribution in [1.29, 1.82) is 0 Å². The molecule has 0 bridgehead atoms. The molecule has 0 spiro atoms. The number of fused-ring (bicyclic) bond motifs is 1. The van der Waals surface area contributed by atoms with Crippen molar-refractivity contribution < 1.29 is 29.0 Å². The van der Waals surface area contributed by atoms with Crippen LogP contribution in [0.3, 0.4) is 0 Å². The van der Waals surface area contributed by atoms with Crippen molar-refractivity contribution in [2.45, 2.75) is 77.6 Å². The van der Waals surface area contributed by atoms with E-state index in [0.717, 1.165) is 0 Å². The van der Waals surface area contributed by atoms with Crippen LogP contribution in [0.1, 0.15) is 59.8 Å². The van der Waals surface area contributed by atoms with Gasteiger partial charge in [0.05, 0.1) is 5.92 Å². The minimum atomic E-state index is -1.36. The zero-order valence-corrected chi connectivity index (χ0v) is 16.1. The van der Waals surface area contributed by atoms with E-state index in [1.807, 2.05) is 13.8 Å². The Balaban J connectivity index is 2.39. The number of hydrogen-bond donors (Lipinski definition) is 1. The lowest BCUT2D eigenvalue weighted by Gasteiger charge is -2.38. The van der Waals surface area contributed by atoms with Crippen molar-refractivity contribution in [2.75, 3.05) is 0 Å². The first-order valence-corrected chi connectivity index (χ1v) is 9.43. The largest absolute Gasteiger partial charge is 0.455 e. The summed E-state index contributed by atoms with van der Waals surface area (Å²) in [6.45, 7) is 10.8. The average molecular weight is 366 g/mol.